The van der Waals surface area contributed by atoms with Crippen molar-refractivity contribution in [3.63, 3.8) is 0 Å². The third-order valence-electron chi connectivity index (χ3n) is 5.71. The molecule has 1 aromatic heterocycles. The highest BCUT2D eigenvalue weighted by molar-refractivity contribution is 5.93. The molecule has 1 N–H and O–H groups in total. The molecule has 0 radical (unpaired) electrons. The topological polar surface area (TPSA) is 72.3 Å². The Morgan fingerprint density at radius 1 is 1.32 bits per heavy atom. The van der Waals surface area contributed by atoms with E-state index < -0.39 is 12.2 Å². The number of rotatable bonds is 4. The molecule has 2 fully saturated rings. The van der Waals surface area contributed by atoms with E-state index in [1.807, 2.05) is 24.4 Å². The van der Waals surface area contributed by atoms with Crippen molar-refractivity contribution in [2.45, 2.75) is 37.5 Å². The van der Waals surface area contributed by atoms with Gasteiger partial charge in [-0.15, -0.1) is 0 Å². The van der Waals surface area contributed by atoms with Crippen molar-refractivity contribution in [3.8, 4) is 6.07 Å². The minimum absolute atomic E-state index is 0.0458. The van der Waals surface area contributed by atoms with Gasteiger partial charge in [-0.1, -0.05) is 12.1 Å². The van der Waals surface area contributed by atoms with E-state index in [2.05, 4.69) is 27.3 Å². The molecule has 3 heterocycles. The molecular weight excluding hydrogens is 357 g/mol. The normalized spacial score (nSPS) is 23.6. The van der Waals surface area contributed by atoms with Crippen molar-refractivity contribution in [3.05, 3.63) is 36.7 Å². The zero-order valence-electron chi connectivity index (χ0n) is 15.7. The number of hydrogen-bond acceptors (Lipinski definition) is 5. The van der Waals surface area contributed by atoms with E-state index in [1.165, 1.54) is 4.90 Å². The number of amides is 1. The van der Waals surface area contributed by atoms with Crippen LogP contribution in [0.1, 0.15) is 19.3 Å². The smallest absolute Gasteiger partial charge is 0.237 e. The van der Waals surface area contributed by atoms with Gasteiger partial charge in [-0.3, -0.25) is 14.7 Å². The number of pyridine rings is 1. The third kappa shape index (κ3) is 3.92. The van der Waals surface area contributed by atoms with Crippen molar-refractivity contribution in [2.24, 2.45) is 0 Å². The maximum absolute atomic E-state index is 13.5. The first kappa shape index (κ1) is 18.6. The van der Waals surface area contributed by atoms with E-state index in [-0.39, 0.29) is 25.4 Å². The van der Waals surface area contributed by atoms with Gasteiger partial charge in [0.25, 0.3) is 0 Å². The van der Waals surface area contributed by atoms with Crippen LogP contribution < -0.4 is 5.32 Å². The lowest BCUT2D eigenvalue weighted by atomic mass is 10.0. The molecule has 146 valence electrons. The van der Waals surface area contributed by atoms with Crippen LogP contribution in [0.15, 0.2) is 36.7 Å². The number of nitriles is 1. The highest BCUT2D eigenvalue weighted by atomic mass is 19.1. The van der Waals surface area contributed by atoms with Crippen LogP contribution in [0.25, 0.3) is 10.8 Å². The van der Waals surface area contributed by atoms with Gasteiger partial charge in [0.2, 0.25) is 5.91 Å². The molecule has 0 aliphatic carbocycles. The van der Waals surface area contributed by atoms with Gasteiger partial charge in [0.1, 0.15) is 12.2 Å². The molecular formula is C21H24FN5O. The lowest BCUT2D eigenvalue weighted by Crippen LogP contribution is -2.46. The minimum Gasteiger partial charge on any atom is -0.382 e. The van der Waals surface area contributed by atoms with Crippen LogP contribution in [0.2, 0.25) is 0 Å². The highest BCUT2D eigenvalue weighted by Gasteiger charge is 2.36. The van der Waals surface area contributed by atoms with Crippen LogP contribution in [0.4, 0.5) is 10.1 Å². The van der Waals surface area contributed by atoms with E-state index in [0.717, 1.165) is 42.4 Å². The number of halogens is 1. The van der Waals surface area contributed by atoms with Gasteiger partial charge in [0, 0.05) is 49.0 Å². The second kappa shape index (κ2) is 8.11. The van der Waals surface area contributed by atoms with Crippen LogP contribution in [0.3, 0.4) is 0 Å². The lowest BCUT2D eigenvalue weighted by Gasteiger charge is -2.33. The zero-order valence-corrected chi connectivity index (χ0v) is 15.7. The number of benzene rings is 1. The Hall–Kier alpha value is -2.72. The van der Waals surface area contributed by atoms with Gasteiger partial charge in [-0.2, -0.15) is 5.26 Å². The minimum atomic E-state index is -1.08. The van der Waals surface area contributed by atoms with Crippen molar-refractivity contribution in [1.82, 2.24) is 14.8 Å². The fourth-order valence-corrected chi connectivity index (χ4v) is 4.16. The molecule has 2 atom stereocenters. The number of hydrogen-bond donors (Lipinski definition) is 1. The second-order valence-corrected chi connectivity index (χ2v) is 7.62. The SMILES string of the molecule is N#CC1C[C@H](F)CN1C(=O)CN1CCC(Nc2cccc3ccncc23)CC1. The predicted octanol–water partition coefficient (Wildman–Crippen LogP) is 2.57. The first-order chi connectivity index (χ1) is 13.6. The van der Waals surface area contributed by atoms with Crippen molar-refractivity contribution < 1.29 is 9.18 Å². The molecule has 2 aliphatic rings. The summed E-state index contributed by atoms with van der Waals surface area (Å²) in [5, 5.41) is 15.0. The Bertz CT molecular complexity index is 884. The zero-order chi connectivity index (χ0) is 19.5. The number of nitrogens with zero attached hydrogens (tertiary/aromatic N) is 4. The average molecular weight is 381 g/mol. The first-order valence-electron chi connectivity index (χ1n) is 9.79. The molecule has 0 bridgehead atoms. The molecule has 2 aromatic rings. The number of nitrogens with one attached hydrogen (secondary N) is 1. The summed E-state index contributed by atoms with van der Waals surface area (Å²) in [5.41, 5.74) is 1.09. The summed E-state index contributed by atoms with van der Waals surface area (Å²) >= 11 is 0. The van der Waals surface area contributed by atoms with Gasteiger partial charge in [0.15, 0.2) is 0 Å². The van der Waals surface area contributed by atoms with Gasteiger partial charge in [0.05, 0.1) is 19.2 Å². The van der Waals surface area contributed by atoms with Gasteiger partial charge >= 0.3 is 0 Å². The summed E-state index contributed by atoms with van der Waals surface area (Å²) in [7, 11) is 0. The Morgan fingerprint density at radius 3 is 2.93 bits per heavy atom. The summed E-state index contributed by atoms with van der Waals surface area (Å²) in [6.45, 7) is 1.91. The number of alkyl halides is 1. The van der Waals surface area contributed by atoms with E-state index in [9.17, 15) is 9.18 Å². The first-order valence-corrected chi connectivity index (χ1v) is 9.79. The van der Waals surface area contributed by atoms with Crippen LogP contribution >= 0.6 is 0 Å². The van der Waals surface area contributed by atoms with Crippen molar-refractivity contribution >= 4 is 22.4 Å². The Labute approximate surface area is 163 Å². The Morgan fingerprint density at radius 2 is 2.14 bits per heavy atom. The monoisotopic (exact) mass is 381 g/mol. The molecule has 2 saturated heterocycles. The third-order valence-corrected chi connectivity index (χ3v) is 5.71. The number of fused-ring (bicyclic) bond motifs is 1. The van der Waals surface area contributed by atoms with Crippen LogP contribution in [-0.4, -0.2) is 65.1 Å². The van der Waals surface area contributed by atoms with E-state index in [4.69, 9.17) is 5.26 Å². The largest absolute Gasteiger partial charge is 0.382 e. The molecule has 0 spiro atoms. The summed E-state index contributed by atoms with van der Waals surface area (Å²) in [4.78, 5) is 20.2. The average Bonchev–Trinajstić information content (AvgIpc) is 3.11. The molecule has 1 amide bonds. The van der Waals surface area contributed by atoms with E-state index >= 15 is 0 Å². The molecule has 4 rings (SSSR count). The standard InChI is InChI=1S/C21H24FN5O/c22-16-10-18(11-23)27(13-16)21(28)14-26-8-5-17(6-9-26)25-20-3-1-2-15-4-7-24-12-19(15)20/h1-4,7,12,16-18,25H,5-6,8-10,13-14H2/t16-,18?/m0/s1. The highest BCUT2D eigenvalue weighted by Crippen LogP contribution is 2.25. The summed E-state index contributed by atoms with van der Waals surface area (Å²) in [5.74, 6) is -0.141. The molecule has 1 aromatic carbocycles. The van der Waals surface area contributed by atoms with Gasteiger partial charge < -0.3 is 10.2 Å². The number of likely N-dealkylation sites (tertiary alicyclic amines) is 2. The molecule has 2 aliphatic heterocycles. The number of anilines is 1. The molecule has 0 saturated carbocycles. The maximum Gasteiger partial charge on any atom is 0.237 e. The van der Waals surface area contributed by atoms with Crippen LogP contribution in [0, 0.1) is 11.3 Å². The number of aromatic nitrogens is 1. The number of carbonyl (C=O) groups is 1. The van der Waals surface area contributed by atoms with Crippen LogP contribution in [0.5, 0.6) is 0 Å². The fraction of sp³-hybridized carbons (Fsp3) is 0.476. The number of piperidine rings is 1. The summed E-state index contributed by atoms with van der Waals surface area (Å²) < 4.78 is 13.5. The maximum atomic E-state index is 13.5. The molecule has 7 heteroatoms. The van der Waals surface area contributed by atoms with Crippen molar-refractivity contribution in [2.75, 3.05) is 31.5 Å². The van der Waals surface area contributed by atoms with E-state index in [1.54, 1.807) is 6.20 Å². The summed E-state index contributed by atoms with van der Waals surface area (Å²) in [6.07, 6.45) is 4.58. The Balaban J connectivity index is 1.31. The fourth-order valence-electron chi connectivity index (χ4n) is 4.16. The quantitative estimate of drug-likeness (QED) is 0.881. The molecule has 28 heavy (non-hydrogen) atoms. The van der Waals surface area contributed by atoms with Gasteiger partial charge in [-0.25, -0.2) is 4.39 Å². The Kier molecular flexibility index (Phi) is 5.40. The summed E-state index contributed by atoms with van der Waals surface area (Å²) in [6, 6.07) is 9.95. The molecule has 1 unspecified atom stereocenters. The van der Waals surface area contributed by atoms with Crippen molar-refractivity contribution in [1.29, 1.82) is 5.26 Å². The lowest BCUT2D eigenvalue weighted by molar-refractivity contribution is -0.132. The van der Waals surface area contributed by atoms with E-state index in [0.29, 0.717) is 6.04 Å². The van der Waals surface area contributed by atoms with Crippen LogP contribution in [-0.2, 0) is 4.79 Å². The number of carbonyl (C=O) groups excluding carboxylic acids is 1. The second-order valence-electron chi connectivity index (χ2n) is 7.62. The predicted molar refractivity (Wildman–Crippen MR) is 105 cm³/mol. The van der Waals surface area contributed by atoms with Gasteiger partial charge in [-0.05, 0) is 30.4 Å². The molecule has 6 nitrogen and oxygen atoms in total.